The van der Waals surface area contributed by atoms with Crippen LogP contribution in [0.1, 0.15) is 49.2 Å². The van der Waals surface area contributed by atoms with Crippen LogP contribution < -0.4 is 11.3 Å². The Hall–Kier alpha value is -0.810. The number of nitrogens with two attached hydrogens (primary N) is 1. The van der Waals surface area contributed by atoms with Gasteiger partial charge in [0.1, 0.15) is 11.6 Å². The highest BCUT2D eigenvalue weighted by molar-refractivity contribution is 7.98. The highest BCUT2D eigenvalue weighted by atomic mass is 32.2. The number of hydrogen-bond donors (Lipinski definition) is 2. The van der Waals surface area contributed by atoms with Crippen molar-refractivity contribution >= 4 is 17.6 Å². The fraction of sp³-hybridized carbons (Fsp3) is 0.667. The van der Waals surface area contributed by atoms with Crippen LogP contribution >= 0.6 is 11.8 Å². The van der Waals surface area contributed by atoms with Crippen molar-refractivity contribution < 1.29 is 0 Å². The minimum Gasteiger partial charge on any atom is -0.308 e. The van der Waals surface area contributed by atoms with Crippen molar-refractivity contribution in [1.82, 2.24) is 9.97 Å². The zero-order valence-electron chi connectivity index (χ0n) is 10.1. The molecule has 1 aromatic heterocycles. The lowest BCUT2D eigenvalue weighted by atomic mass is 10.1. The molecule has 2 unspecified atom stereocenters. The number of hydrogen-bond acceptors (Lipinski definition) is 5. The number of anilines is 1. The smallest absolute Gasteiger partial charge is 0.148 e. The van der Waals surface area contributed by atoms with Gasteiger partial charge in [-0.2, -0.15) is 11.8 Å². The molecule has 1 saturated carbocycles. The van der Waals surface area contributed by atoms with E-state index in [2.05, 4.69) is 17.3 Å². The maximum atomic E-state index is 5.57. The summed E-state index contributed by atoms with van der Waals surface area (Å²) in [6, 6.07) is 0. The van der Waals surface area contributed by atoms with E-state index in [1.807, 2.05) is 11.8 Å². The molecule has 17 heavy (non-hydrogen) atoms. The second-order valence-corrected chi connectivity index (χ2v) is 6.09. The van der Waals surface area contributed by atoms with E-state index in [0.29, 0.717) is 5.92 Å². The standard InChI is InChI=1S/C12H18N4S/c1-7-2-3-8(4-7)11-14-10-6-17-5-9(10)12(15-11)16-13/h7-8H,2-6,13H2,1H3,(H,14,15,16). The Bertz CT molecular complexity index is 435. The molecule has 4 nitrogen and oxygen atoms in total. The summed E-state index contributed by atoms with van der Waals surface area (Å²) in [5.74, 6) is 10.7. The van der Waals surface area contributed by atoms with Gasteiger partial charge in [0.05, 0.1) is 5.69 Å². The van der Waals surface area contributed by atoms with Crippen molar-refractivity contribution in [1.29, 1.82) is 0 Å². The van der Waals surface area contributed by atoms with Crippen LogP contribution in [0.5, 0.6) is 0 Å². The number of thioether (sulfide) groups is 1. The fourth-order valence-corrected chi connectivity index (χ4v) is 3.86. The van der Waals surface area contributed by atoms with Gasteiger partial charge in [-0.15, -0.1) is 0 Å². The summed E-state index contributed by atoms with van der Waals surface area (Å²) in [5, 5.41) is 0. The van der Waals surface area contributed by atoms with Gasteiger partial charge in [-0.25, -0.2) is 15.8 Å². The first kappa shape index (κ1) is 11.3. The molecule has 1 fully saturated rings. The van der Waals surface area contributed by atoms with Crippen LogP contribution in [-0.2, 0) is 11.5 Å². The summed E-state index contributed by atoms with van der Waals surface area (Å²) in [5.41, 5.74) is 5.13. The fourth-order valence-electron chi connectivity index (χ4n) is 2.81. The third-order valence-electron chi connectivity index (χ3n) is 3.79. The molecule has 0 aromatic carbocycles. The van der Waals surface area contributed by atoms with E-state index in [1.54, 1.807) is 0 Å². The Morgan fingerprint density at radius 2 is 2.18 bits per heavy atom. The first-order valence-corrected chi connectivity index (χ1v) is 7.37. The number of rotatable bonds is 2. The zero-order chi connectivity index (χ0) is 11.8. The van der Waals surface area contributed by atoms with Gasteiger partial charge in [0.15, 0.2) is 0 Å². The largest absolute Gasteiger partial charge is 0.308 e. The SMILES string of the molecule is CC1CCC(c2nc3c(c(NN)n2)CSC3)C1. The Morgan fingerprint density at radius 3 is 2.88 bits per heavy atom. The van der Waals surface area contributed by atoms with Crippen LogP contribution in [0.15, 0.2) is 0 Å². The van der Waals surface area contributed by atoms with E-state index in [9.17, 15) is 0 Å². The van der Waals surface area contributed by atoms with E-state index >= 15 is 0 Å². The summed E-state index contributed by atoms with van der Waals surface area (Å²) >= 11 is 1.89. The number of nitrogens with one attached hydrogen (secondary N) is 1. The number of nitrogen functional groups attached to an aromatic ring is 1. The van der Waals surface area contributed by atoms with Crippen molar-refractivity contribution in [3.63, 3.8) is 0 Å². The molecular formula is C12H18N4S. The quantitative estimate of drug-likeness (QED) is 0.623. The van der Waals surface area contributed by atoms with E-state index in [-0.39, 0.29) is 0 Å². The number of aromatic nitrogens is 2. The molecule has 92 valence electrons. The van der Waals surface area contributed by atoms with Crippen LogP contribution in [0.25, 0.3) is 0 Å². The van der Waals surface area contributed by atoms with Crippen molar-refractivity contribution in [3.8, 4) is 0 Å². The highest BCUT2D eigenvalue weighted by Gasteiger charge is 2.28. The highest BCUT2D eigenvalue weighted by Crippen LogP contribution is 2.39. The first-order valence-electron chi connectivity index (χ1n) is 6.22. The van der Waals surface area contributed by atoms with Crippen molar-refractivity contribution in [2.45, 2.75) is 43.6 Å². The molecule has 0 saturated heterocycles. The third-order valence-corrected chi connectivity index (χ3v) is 4.76. The van der Waals surface area contributed by atoms with Crippen LogP contribution in [0.2, 0.25) is 0 Å². The Labute approximate surface area is 106 Å². The molecule has 3 N–H and O–H groups in total. The van der Waals surface area contributed by atoms with E-state index < -0.39 is 0 Å². The van der Waals surface area contributed by atoms with Crippen LogP contribution in [0, 0.1) is 5.92 Å². The van der Waals surface area contributed by atoms with Gasteiger partial charge in [0, 0.05) is 23.0 Å². The number of fused-ring (bicyclic) bond motifs is 1. The minimum absolute atomic E-state index is 0.535. The van der Waals surface area contributed by atoms with Gasteiger partial charge in [0.2, 0.25) is 0 Å². The molecule has 0 spiro atoms. The molecule has 0 bridgehead atoms. The molecule has 1 aliphatic carbocycles. The summed E-state index contributed by atoms with van der Waals surface area (Å²) < 4.78 is 0. The van der Waals surface area contributed by atoms with E-state index in [0.717, 1.165) is 29.1 Å². The molecule has 1 aromatic rings. The minimum atomic E-state index is 0.535. The topological polar surface area (TPSA) is 63.8 Å². The summed E-state index contributed by atoms with van der Waals surface area (Å²) in [6.07, 6.45) is 3.73. The maximum absolute atomic E-state index is 5.57. The third kappa shape index (κ3) is 2.02. The average molecular weight is 250 g/mol. The lowest BCUT2D eigenvalue weighted by molar-refractivity contribution is 0.584. The Balaban J connectivity index is 1.95. The van der Waals surface area contributed by atoms with Gasteiger partial charge < -0.3 is 5.43 Å². The average Bonchev–Trinajstić information content (AvgIpc) is 2.95. The molecule has 3 rings (SSSR count). The zero-order valence-corrected chi connectivity index (χ0v) is 10.9. The molecule has 2 atom stereocenters. The Morgan fingerprint density at radius 1 is 1.29 bits per heavy atom. The molecule has 1 aliphatic heterocycles. The predicted octanol–water partition coefficient (Wildman–Crippen LogP) is 2.41. The summed E-state index contributed by atoms with van der Waals surface area (Å²) in [6.45, 7) is 2.31. The van der Waals surface area contributed by atoms with Crippen LogP contribution in [-0.4, -0.2) is 9.97 Å². The molecule has 0 amide bonds. The normalized spacial score (nSPS) is 27.2. The Kier molecular flexibility index (Phi) is 2.96. The van der Waals surface area contributed by atoms with Gasteiger partial charge >= 0.3 is 0 Å². The van der Waals surface area contributed by atoms with Crippen molar-refractivity contribution in [3.05, 3.63) is 17.1 Å². The second kappa shape index (κ2) is 4.46. The van der Waals surface area contributed by atoms with Gasteiger partial charge in [0.25, 0.3) is 0 Å². The van der Waals surface area contributed by atoms with E-state index in [4.69, 9.17) is 10.8 Å². The molecular weight excluding hydrogens is 232 g/mol. The van der Waals surface area contributed by atoms with Gasteiger partial charge in [-0.3, -0.25) is 0 Å². The monoisotopic (exact) mass is 250 g/mol. The second-order valence-electron chi connectivity index (χ2n) is 5.11. The molecule has 2 aliphatic rings. The summed E-state index contributed by atoms with van der Waals surface area (Å²) in [7, 11) is 0. The maximum Gasteiger partial charge on any atom is 0.148 e. The molecule has 2 heterocycles. The van der Waals surface area contributed by atoms with Crippen LogP contribution in [0.4, 0.5) is 5.82 Å². The lowest BCUT2D eigenvalue weighted by Crippen LogP contribution is -2.15. The van der Waals surface area contributed by atoms with Crippen molar-refractivity contribution in [2.24, 2.45) is 11.8 Å². The van der Waals surface area contributed by atoms with E-state index in [1.165, 1.54) is 30.5 Å². The molecule has 5 heteroatoms. The predicted molar refractivity (Wildman–Crippen MR) is 70.6 cm³/mol. The molecule has 0 radical (unpaired) electrons. The first-order chi connectivity index (χ1) is 8.28. The number of hydrazine groups is 1. The van der Waals surface area contributed by atoms with Gasteiger partial charge in [-0.05, 0) is 25.2 Å². The summed E-state index contributed by atoms with van der Waals surface area (Å²) in [4.78, 5) is 9.37. The van der Waals surface area contributed by atoms with Crippen LogP contribution in [0.3, 0.4) is 0 Å². The lowest BCUT2D eigenvalue weighted by Gasteiger charge is -2.12. The van der Waals surface area contributed by atoms with Crippen molar-refractivity contribution in [2.75, 3.05) is 5.43 Å². The van der Waals surface area contributed by atoms with Gasteiger partial charge in [-0.1, -0.05) is 6.92 Å². The number of nitrogens with zero attached hydrogens (tertiary/aromatic N) is 2.